The maximum Gasteiger partial charge on any atom is 0.331 e. The molecule has 2 amide bonds. The number of fused-ring (bicyclic) bond motifs is 5. The van der Waals surface area contributed by atoms with Crippen LogP contribution in [0.2, 0.25) is 0 Å². The van der Waals surface area contributed by atoms with Gasteiger partial charge in [0.1, 0.15) is 6.61 Å². The maximum atomic E-state index is 12.7. The fraction of sp³-hybridized carbons (Fsp3) is 0.786. The van der Waals surface area contributed by atoms with Crippen LogP contribution in [0.25, 0.3) is 0 Å². The van der Waals surface area contributed by atoms with Crippen LogP contribution in [0.1, 0.15) is 71.6 Å². The van der Waals surface area contributed by atoms with E-state index in [4.69, 9.17) is 4.74 Å². The zero-order valence-electron chi connectivity index (χ0n) is 20.7. The molecular formula is C28H40N2O4. The molecule has 8 atom stereocenters. The number of aliphatic hydroxyl groups is 1. The molecule has 4 aliphatic carbocycles. The summed E-state index contributed by atoms with van der Waals surface area (Å²) >= 11 is 0. The molecule has 1 saturated heterocycles. The summed E-state index contributed by atoms with van der Waals surface area (Å²) in [6.07, 6.45) is 14.0. The third kappa shape index (κ3) is 3.46. The van der Waals surface area contributed by atoms with Gasteiger partial charge in [-0.3, -0.25) is 0 Å². The van der Waals surface area contributed by atoms with Gasteiger partial charge in [-0.2, -0.15) is 0 Å². The standard InChI is InChI=1S/C28H40N2O4/c1-27-10-7-19(29-26(33)30-12-9-20(31)15-30)14-18(27)3-4-21-23-6-5-22(17-13-25(32)34-16-17)28(23,2)11-8-24(21)27/h6,13,18-22,24,31H,3-5,7-12,14-16H2,1-2H3,(H,29,33)/t18-,19+,20?,21+,22-,24+,27+,28-/m1/s1. The van der Waals surface area contributed by atoms with E-state index in [1.807, 2.05) is 0 Å². The molecule has 6 rings (SSSR count). The summed E-state index contributed by atoms with van der Waals surface area (Å²) in [6, 6.07) is 0.272. The topological polar surface area (TPSA) is 78.9 Å². The lowest BCUT2D eigenvalue weighted by Crippen LogP contribution is -2.54. The smallest absolute Gasteiger partial charge is 0.331 e. The van der Waals surface area contributed by atoms with E-state index in [-0.39, 0.29) is 29.6 Å². The van der Waals surface area contributed by atoms with Crippen molar-refractivity contribution in [3.05, 3.63) is 23.3 Å². The lowest BCUT2D eigenvalue weighted by molar-refractivity contribution is -0.135. The number of β-amino-alcohol motifs (C(OH)–C–C–N with tert-alkyl or cyclic N) is 1. The predicted octanol–water partition coefficient (Wildman–Crippen LogP) is 4.19. The monoisotopic (exact) mass is 468 g/mol. The Hall–Kier alpha value is -1.82. The fourth-order valence-electron chi connectivity index (χ4n) is 9.06. The van der Waals surface area contributed by atoms with Crippen molar-refractivity contribution >= 4 is 12.0 Å². The molecule has 0 aromatic heterocycles. The molecule has 0 spiro atoms. The molecule has 2 N–H and O–H groups in total. The lowest BCUT2D eigenvalue weighted by Gasteiger charge is -2.60. The number of nitrogens with one attached hydrogen (secondary N) is 1. The highest BCUT2D eigenvalue weighted by Crippen LogP contribution is 2.66. The Morgan fingerprint density at radius 3 is 2.76 bits per heavy atom. The molecule has 2 heterocycles. The molecule has 2 aliphatic heterocycles. The van der Waals surface area contributed by atoms with Crippen LogP contribution in [-0.2, 0) is 9.53 Å². The Kier molecular flexibility index (Phi) is 5.40. The predicted molar refractivity (Wildman–Crippen MR) is 129 cm³/mol. The quantitative estimate of drug-likeness (QED) is 0.470. The zero-order valence-corrected chi connectivity index (χ0v) is 20.7. The molecule has 6 nitrogen and oxygen atoms in total. The molecule has 1 unspecified atom stereocenters. The molecule has 4 fully saturated rings. The SMILES string of the molecule is C[C@]12CC[C@H](NC(=O)N3CCC(O)C3)C[C@H]1CC[C@H]1C3=CC[C@H](C4=CC(=O)OC4)[C@@]3(C)CC[C@@H]12. The van der Waals surface area contributed by atoms with Crippen molar-refractivity contribution in [1.29, 1.82) is 0 Å². The minimum absolute atomic E-state index is 0.0121. The normalized spacial score (nSPS) is 45.6. The second-order valence-electron chi connectivity index (χ2n) is 12.5. The third-order valence-corrected chi connectivity index (χ3v) is 11.0. The van der Waals surface area contributed by atoms with E-state index in [0.29, 0.717) is 49.3 Å². The number of ether oxygens (including phenoxy) is 1. The van der Waals surface area contributed by atoms with Gasteiger partial charge in [-0.1, -0.05) is 25.5 Å². The van der Waals surface area contributed by atoms with Crippen molar-refractivity contribution in [2.24, 2.45) is 34.5 Å². The van der Waals surface area contributed by atoms with Crippen LogP contribution >= 0.6 is 0 Å². The van der Waals surface area contributed by atoms with Gasteiger partial charge in [0.25, 0.3) is 0 Å². The Morgan fingerprint density at radius 1 is 1.18 bits per heavy atom. The van der Waals surface area contributed by atoms with Crippen LogP contribution in [0.4, 0.5) is 4.79 Å². The molecule has 0 aromatic carbocycles. The minimum Gasteiger partial charge on any atom is -0.458 e. The van der Waals surface area contributed by atoms with Crippen LogP contribution in [-0.4, -0.2) is 53.8 Å². The van der Waals surface area contributed by atoms with Crippen molar-refractivity contribution < 1.29 is 19.4 Å². The summed E-state index contributed by atoms with van der Waals surface area (Å²) in [5.41, 5.74) is 3.41. The van der Waals surface area contributed by atoms with Crippen LogP contribution in [0.15, 0.2) is 23.3 Å². The number of likely N-dealkylation sites (tertiary alicyclic amines) is 1. The second-order valence-corrected chi connectivity index (χ2v) is 12.5. The largest absolute Gasteiger partial charge is 0.458 e. The molecule has 186 valence electrons. The van der Waals surface area contributed by atoms with Crippen molar-refractivity contribution in [3.8, 4) is 0 Å². The van der Waals surface area contributed by atoms with Crippen LogP contribution in [0.3, 0.4) is 0 Å². The number of nitrogens with zero attached hydrogens (tertiary/aromatic N) is 1. The van der Waals surface area contributed by atoms with E-state index in [1.54, 1.807) is 16.5 Å². The number of carbonyl (C=O) groups is 2. The van der Waals surface area contributed by atoms with Crippen molar-refractivity contribution in [2.75, 3.05) is 19.7 Å². The van der Waals surface area contributed by atoms with Crippen LogP contribution < -0.4 is 5.32 Å². The number of rotatable bonds is 2. The van der Waals surface area contributed by atoms with Gasteiger partial charge in [0, 0.05) is 25.2 Å². The van der Waals surface area contributed by atoms with Gasteiger partial charge in [-0.05, 0) is 97.9 Å². The first-order chi connectivity index (χ1) is 16.3. The Balaban J connectivity index is 1.14. The number of aliphatic hydroxyl groups excluding tert-OH is 1. The van der Waals surface area contributed by atoms with Crippen molar-refractivity contribution in [2.45, 2.75) is 83.8 Å². The zero-order chi connectivity index (χ0) is 23.7. The highest BCUT2D eigenvalue weighted by molar-refractivity contribution is 5.85. The first kappa shape index (κ1) is 22.6. The first-order valence-electron chi connectivity index (χ1n) is 13.6. The number of esters is 1. The molecule has 0 bridgehead atoms. The summed E-state index contributed by atoms with van der Waals surface area (Å²) in [4.78, 5) is 26.2. The van der Waals surface area contributed by atoms with Crippen molar-refractivity contribution in [3.63, 3.8) is 0 Å². The molecule has 34 heavy (non-hydrogen) atoms. The minimum atomic E-state index is -0.366. The number of carbonyl (C=O) groups excluding carboxylic acids is 2. The van der Waals surface area contributed by atoms with E-state index in [9.17, 15) is 14.7 Å². The van der Waals surface area contributed by atoms with Crippen molar-refractivity contribution in [1.82, 2.24) is 10.2 Å². The Bertz CT molecular complexity index is 943. The molecule has 0 radical (unpaired) electrons. The van der Waals surface area contributed by atoms with Gasteiger partial charge < -0.3 is 20.1 Å². The number of amides is 2. The number of urea groups is 1. The molecule has 0 aromatic rings. The van der Waals surface area contributed by atoms with Gasteiger partial charge in [-0.15, -0.1) is 0 Å². The van der Waals surface area contributed by atoms with Crippen LogP contribution in [0, 0.1) is 34.5 Å². The van der Waals surface area contributed by atoms with Gasteiger partial charge in [-0.25, -0.2) is 9.59 Å². The van der Waals surface area contributed by atoms with Crippen LogP contribution in [0.5, 0.6) is 0 Å². The molecule has 6 heteroatoms. The number of allylic oxidation sites excluding steroid dienone is 2. The number of hydrogen-bond donors (Lipinski definition) is 2. The maximum absolute atomic E-state index is 12.7. The van der Waals surface area contributed by atoms with Gasteiger partial charge in [0.15, 0.2) is 0 Å². The van der Waals surface area contributed by atoms with Gasteiger partial charge >= 0.3 is 12.0 Å². The number of cyclic esters (lactones) is 1. The van der Waals surface area contributed by atoms with E-state index < -0.39 is 0 Å². The first-order valence-corrected chi connectivity index (χ1v) is 13.6. The van der Waals surface area contributed by atoms with Gasteiger partial charge in [0.2, 0.25) is 0 Å². The summed E-state index contributed by atoms with van der Waals surface area (Å²) in [5.74, 6) is 2.32. The average molecular weight is 469 g/mol. The van der Waals surface area contributed by atoms with E-state index in [1.165, 1.54) is 37.7 Å². The summed E-state index contributed by atoms with van der Waals surface area (Å²) < 4.78 is 5.27. The molecular weight excluding hydrogens is 428 g/mol. The van der Waals surface area contributed by atoms with Gasteiger partial charge in [0.05, 0.1) is 6.10 Å². The summed E-state index contributed by atoms with van der Waals surface area (Å²) in [6.45, 7) is 6.61. The fourth-order valence-corrected chi connectivity index (χ4v) is 9.06. The third-order valence-electron chi connectivity index (χ3n) is 11.0. The highest BCUT2D eigenvalue weighted by atomic mass is 16.5. The summed E-state index contributed by atoms with van der Waals surface area (Å²) in [5, 5.41) is 13.1. The average Bonchev–Trinajstić information content (AvgIpc) is 3.51. The lowest BCUT2D eigenvalue weighted by atomic mass is 9.45. The Morgan fingerprint density at radius 2 is 2.03 bits per heavy atom. The number of hydrogen-bond acceptors (Lipinski definition) is 4. The molecule has 3 saturated carbocycles. The Labute approximate surface area is 203 Å². The summed E-state index contributed by atoms with van der Waals surface area (Å²) in [7, 11) is 0. The van der Waals surface area contributed by atoms with E-state index in [2.05, 4.69) is 25.2 Å². The van der Waals surface area contributed by atoms with E-state index in [0.717, 1.165) is 25.2 Å². The highest BCUT2D eigenvalue weighted by Gasteiger charge is 2.58. The van der Waals surface area contributed by atoms with E-state index >= 15 is 0 Å². The molecule has 6 aliphatic rings. The second kappa shape index (κ2) is 8.11.